The second-order valence-corrected chi connectivity index (χ2v) is 3.03. The molecule has 0 aromatic heterocycles. The first-order valence-corrected chi connectivity index (χ1v) is 4.51. The molecule has 7 nitrogen and oxygen atoms in total. The molecule has 7 heteroatoms. The molecule has 1 aromatic carbocycles. The van der Waals surface area contributed by atoms with Crippen molar-refractivity contribution in [3.05, 3.63) is 35.9 Å². The van der Waals surface area contributed by atoms with E-state index in [4.69, 9.17) is 11.6 Å². The molecule has 0 saturated heterocycles. The van der Waals surface area contributed by atoms with Gasteiger partial charge in [-0.15, -0.1) is 0 Å². The van der Waals surface area contributed by atoms with Crippen LogP contribution >= 0.6 is 0 Å². The van der Waals surface area contributed by atoms with E-state index in [2.05, 4.69) is 0 Å². The molecular formula is C9H13N5O2. The highest BCUT2D eigenvalue weighted by molar-refractivity contribution is 5.78. The zero-order valence-corrected chi connectivity index (χ0v) is 8.51. The van der Waals surface area contributed by atoms with Gasteiger partial charge >= 0.3 is 12.1 Å². The fourth-order valence-electron chi connectivity index (χ4n) is 1.04. The van der Waals surface area contributed by atoms with Gasteiger partial charge in [0.15, 0.2) is 0 Å². The summed E-state index contributed by atoms with van der Waals surface area (Å²) in [5.74, 6) is 5.46. The Balaban J connectivity index is 2.43. The number of carbonyl (C=O) groups is 2. The largest absolute Gasteiger partial charge is 0.350 e. The van der Waals surface area contributed by atoms with Gasteiger partial charge in [0.1, 0.15) is 0 Å². The molecule has 0 heterocycles. The zero-order valence-electron chi connectivity index (χ0n) is 8.51. The molecule has 1 aromatic rings. The van der Waals surface area contributed by atoms with Gasteiger partial charge in [-0.1, -0.05) is 30.3 Å². The van der Waals surface area contributed by atoms with Crippen LogP contribution in [0.1, 0.15) is 5.56 Å². The van der Waals surface area contributed by atoms with Crippen LogP contribution in [0.25, 0.3) is 0 Å². The lowest BCUT2D eigenvalue weighted by molar-refractivity contribution is 0.190. The minimum atomic E-state index is -0.860. The fraction of sp³-hybridized carbons (Fsp3) is 0.111. The standard InChI is InChI=1S/C9H13N5O2/c10-8(15)12-13-9(16)14(11)6-7-4-2-1-3-5-7/h1-5H,6,11H2,(H,13,16)(H3,10,12,15). The van der Waals surface area contributed by atoms with Crippen molar-refractivity contribution >= 4 is 12.1 Å². The summed E-state index contributed by atoms with van der Waals surface area (Å²) in [4.78, 5) is 21.6. The van der Waals surface area contributed by atoms with Crippen LogP contribution < -0.4 is 22.4 Å². The predicted octanol–water partition coefficient (Wildman–Crippen LogP) is -0.345. The Bertz CT molecular complexity index is 367. The Morgan fingerprint density at radius 1 is 1.19 bits per heavy atom. The maximum atomic E-state index is 11.3. The molecule has 0 unspecified atom stereocenters. The summed E-state index contributed by atoms with van der Waals surface area (Å²) in [5, 5.41) is 0.922. The van der Waals surface area contributed by atoms with Crippen molar-refractivity contribution in [2.45, 2.75) is 6.54 Å². The Morgan fingerprint density at radius 2 is 1.81 bits per heavy atom. The van der Waals surface area contributed by atoms with Crippen molar-refractivity contribution in [2.24, 2.45) is 11.6 Å². The van der Waals surface area contributed by atoms with E-state index in [1.54, 1.807) is 0 Å². The van der Waals surface area contributed by atoms with Gasteiger partial charge in [0.2, 0.25) is 0 Å². The van der Waals surface area contributed by atoms with Crippen molar-refractivity contribution in [3.63, 3.8) is 0 Å². The quantitative estimate of drug-likeness (QED) is 0.312. The molecule has 0 spiro atoms. The molecule has 0 aliphatic carbocycles. The van der Waals surface area contributed by atoms with Crippen LogP contribution in [0.4, 0.5) is 9.59 Å². The molecule has 0 aliphatic heterocycles. The van der Waals surface area contributed by atoms with Gasteiger partial charge in [-0.05, 0) is 5.56 Å². The molecule has 0 bridgehead atoms. The van der Waals surface area contributed by atoms with Gasteiger partial charge in [-0.25, -0.2) is 26.3 Å². The average molecular weight is 223 g/mol. The number of primary amides is 1. The number of benzene rings is 1. The van der Waals surface area contributed by atoms with Crippen LogP contribution in [0.15, 0.2) is 30.3 Å². The summed E-state index contributed by atoms with van der Waals surface area (Å²) < 4.78 is 0. The monoisotopic (exact) mass is 223 g/mol. The second-order valence-electron chi connectivity index (χ2n) is 3.03. The van der Waals surface area contributed by atoms with Crippen molar-refractivity contribution in [1.82, 2.24) is 15.9 Å². The summed E-state index contributed by atoms with van der Waals surface area (Å²) in [6.07, 6.45) is 0. The minimum absolute atomic E-state index is 0.229. The van der Waals surface area contributed by atoms with E-state index in [-0.39, 0.29) is 6.54 Å². The van der Waals surface area contributed by atoms with Gasteiger partial charge in [0.05, 0.1) is 6.54 Å². The molecule has 4 amide bonds. The lowest BCUT2D eigenvalue weighted by atomic mass is 10.2. The van der Waals surface area contributed by atoms with Crippen molar-refractivity contribution in [3.8, 4) is 0 Å². The van der Waals surface area contributed by atoms with Gasteiger partial charge in [-0.2, -0.15) is 0 Å². The van der Waals surface area contributed by atoms with Crippen LogP contribution in [0.5, 0.6) is 0 Å². The highest BCUT2D eigenvalue weighted by atomic mass is 16.2. The summed E-state index contributed by atoms with van der Waals surface area (Å²) in [6.45, 7) is 0.229. The first kappa shape index (κ1) is 11.8. The number of amides is 4. The Hall–Kier alpha value is -2.28. The van der Waals surface area contributed by atoms with E-state index in [0.29, 0.717) is 0 Å². The molecule has 0 atom stereocenters. The Labute approximate surface area is 92.3 Å². The molecule has 6 N–H and O–H groups in total. The summed E-state index contributed by atoms with van der Waals surface area (Å²) in [7, 11) is 0. The number of rotatable bonds is 2. The maximum Gasteiger partial charge on any atom is 0.350 e. The summed E-state index contributed by atoms with van der Waals surface area (Å²) in [6, 6.07) is 7.68. The lowest BCUT2D eigenvalue weighted by Gasteiger charge is -2.17. The fourth-order valence-corrected chi connectivity index (χ4v) is 1.04. The van der Waals surface area contributed by atoms with E-state index in [9.17, 15) is 9.59 Å². The molecule has 0 aliphatic rings. The maximum absolute atomic E-state index is 11.3. The molecule has 86 valence electrons. The van der Waals surface area contributed by atoms with E-state index in [0.717, 1.165) is 10.6 Å². The molecular weight excluding hydrogens is 210 g/mol. The van der Waals surface area contributed by atoms with Gasteiger partial charge in [-0.3, -0.25) is 5.01 Å². The van der Waals surface area contributed by atoms with E-state index in [1.165, 1.54) is 0 Å². The molecule has 16 heavy (non-hydrogen) atoms. The number of nitrogens with one attached hydrogen (secondary N) is 2. The highest BCUT2D eigenvalue weighted by Crippen LogP contribution is 2.00. The number of urea groups is 2. The smallest absolute Gasteiger partial charge is 0.350 e. The topological polar surface area (TPSA) is 113 Å². The molecule has 0 radical (unpaired) electrons. The van der Waals surface area contributed by atoms with Crippen LogP contribution in [0, 0.1) is 0 Å². The van der Waals surface area contributed by atoms with Crippen LogP contribution in [-0.2, 0) is 6.54 Å². The number of hydrazine groups is 2. The highest BCUT2D eigenvalue weighted by Gasteiger charge is 2.09. The van der Waals surface area contributed by atoms with Crippen LogP contribution in [0.3, 0.4) is 0 Å². The van der Waals surface area contributed by atoms with E-state index in [1.807, 2.05) is 41.2 Å². The predicted molar refractivity (Wildman–Crippen MR) is 57.4 cm³/mol. The number of hydrogen-bond acceptors (Lipinski definition) is 3. The second kappa shape index (κ2) is 5.56. The molecule has 0 saturated carbocycles. The normalized spacial score (nSPS) is 9.31. The first-order valence-electron chi connectivity index (χ1n) is 4.51. The Morgan fingerprint density at radius 3 is 2.38 bits per heavy atom. The van der Waals surface area contributed by atoms with Crippen LogP contribution in [0.2, 0.25) is 0 Å². The zero-order chi connectivity index (χ0) is 12.0. The lowest BCUT2D eigenvalue weighted by Crippen LogP contribution is -2.52. The number of nitrogens with zero attached hydrogens (tertiary/aromatic N) is 1. The number of carbonyl (C=O) groups excluding carboxylic acids is 2. The van der Waals surface area contributed by atoms with E-state index < -0.39 is 12.1 Å². The van der Waals surface area contributed by atoms with Crippen molar-refractivity contribution in [1.29, 1.82) is 0 Å². The third-order valence-corrected chi connectivity index (χ3v) is 1.75. The third-order valence-electron chi connectivity index (χ3n) is 1.75. The molecule has 0 fully saturated rings. The van der Waals surface area contributed by atoms with E-state index >= 15 is 0 Å². The Kier molecular flexibility index (Phi) is 4.10. The van der Waals surface area contributed by atoms with Gasteiger partial charge in [0.25, 0.3) is 0 Å². The van der Waals surface area contributed by atoms with Crippen molar-refractivity contribution in [2.75, 3.05) is 0 Å². The minimum Gasteiger partial charge on any atom is -0.350 e. The average Bonchev–Trinajstić information content (AvgIpc) is 2.27. The first-order chi connectivity index (χ1) is 7.59. The molecule has 1 rings (SSSR count). The number of hydrogen-bond donors (Lipinski definition) is 4. The van der Waals surface area contributed by atoms with Crippen molar-refractivity contribution < 1.29 is 9.59 Å². The summed E-state index contributed by atoms with van der Waals surface area (Å²) >= 11 is 0. The SMILES string of the molecule is NC(=O)NNC(=O)N(N)Cc1ccccc1. The summed E-state index contributed by atoms with van der Waals surface area (Å²) in [5.41, 5.74) is 9.61. The number of nitrogens with two attached hydrogens (primary N) is 2. The van der Waals surface area contributed by atoms with Gasteiger partial charge < -0.3 is 5.73 Å². The van der Waals surface area contributed by atoms with Crippen LogP contribution in [-0.4, -0.2) is 17.1 Å². The van der Waals surface area contributed by atoms with Gasteiger partial charge in [0, 0.05) is 0 Å². The third kappa shape index (κ3) is 3.84.